The fraction of sp³-hybridized carbons (Fsp3) is 0.588. The van der Waals surface area contributed by atoms with Crippen LogP contribution in [-0.4, -0.2) is 45.5 Å². The number of hydrogen-bond donors (Lipinski definition) is 2. The van der Waals surface area contributed by atoms with Crippen LogP contribution in [0.5, 0.6) is 0 Å². The zero-order chi connectivity index (χ0) is 18.6. The van der Waals surface area contributed by atoms with Gasteiger partial charge in [0.15, 0.2) is 15.8 Å². The summed E-state index contributed by atoms with van der Waals surface area (Å²) in [6, 6.07) is 6.51. The summed E-state index contributed by atoms with van der Waals surface area (Å²) in [5, 5.41) is 6.21. The van der Waals surface area contributed by atoms with Gasteiger partial charge in [0.05, 0.1) is 4.75 Å². The molecule has 0 saturated heterocycles. The molecule has 0 aliphatic carbocycles. The highest BCUT2D eigenvalue weighted by Gasteiger charge is 2.30. The second-order valence-corrected chi connectivity index (χ2v) is 9.85. The van der Waals surface area contributed by atoms with E-state index in [9.17, 15) is 12.8 Å². The molecule has 0 atom stereocenters. The molecular formula is C17H29FIN3O2S. The highest BCUT2D eigenvalue weighted by molar-refractivity contribution is 14.0. The van der Waals surface area contributed by atoms with Gasteiger partial charge in [0, 0.05) is 31.8 Å². The van der Waals surface area contributed by atoms with Crippen LogP contribution < -0.4 is 10.6 Å². The minimum atomic E-state index is -3.18. The van der Waals surface area contributed by atoms with Crippen molar-refractivity contribution >= 4 is 39.8 Å². The number of aliphatic imine (C=N–C) groups is 1. The van der Waals surface area contributed by atoms with Crippen molar-refractivity contribution in [2.75, 3.05) is 26.4 Å². The lowest BCUT2D eigenvalue weighted by molar-refractivity contribution is 0.500. The summed E-state index contributed by atoms with van der Waals surface area (Å²) in [5.41, 5.74) is 0.563. The Morgan fingerprint density at radius 2 is 1.72 bits per heavy atom. The van der Waals surface area contributed by atoms with Crippen LogP contribution >= 0.6 is 24.0 Å². The molecule has 5 nitrogen and oxygen atoms in total. The Kier molecular flexibility index (Phi) is 8.83. The average molecular weight is 485 g/mol. The van der Waals surface area contributed by atoms with Crippen LogP contribution in [0.1, 0.15) is 33.3 Å². The third-order valence-corrected chi connectivity index (χ3v) is 6.36. The fourth-order valence-electron chi connectivity index (χ4n) is 1.96. The number of benzene rings is 1. The smallest absolute Gasteiger partial charge is 0.191 e. The maximum Gasteiger partial charge on any atom is 0.191 e. The van der Waals surface area contributed by atoms with Gasteiger partial charge >= 0.3 is 0 Å². The van der Waals surface area contributed by atoms with Crippen LogP contribution in [0.25, 0.3) is 0 Å². The van der Waals surface area contributed by atoms with Gasteiger partial charge in [-0.3, -0.25) is 4.99 Å². The SMILES string of the molecule is CN=C(NCC(C)(C)c1cccc(F)c1)NCC(C)(C)S(C)(=O)=O.I. The Bertz CT molecular complexity index is 704. The molecule has 0 spiro atoms. The third kappa shape index (κ3) is 7.08. The minimum Gasteiger partial charge on any atom is -0.356 e. The highest BCUT2D eigenvalue weighted by Crippen LogP contribution is 2.22. The molecule has 0 fully saturated rings. The van der Waals surface area contributed by atoms with E-state index in [-0.39, 0.29) is 41.8 Å². The standard InChI is InChI=1S/C17H28FN3O2S.HI/c1-16(2,13-8-7-9-14(18)10-13)11-20-15(19-5)21-12-17(3,4)24(6,22)23;/h7-10H,11-12H2,1-6H3,(H2,19,20,21);1H. The van der Waals surface area contributed by atoms with E-state index in [4.69, 9.17) is 0 Å². The summed E-state index contributed by atoms with van der Waals surface area (Å²) >= 11 is 0. The van der Waals surface area contributed by atoms with Gasteiger partial charge in [-0.2, -0.15) is 0 Å². The van der Waals surface area contributed by atoms with Crippen molar-refractivity contribution in [2.24, 2.45) is 4.99 Å². The van der Waals surface area contributed by atoms with Crippen molar-refractivity contribution in [1.29, 1.82) is 0 Å². The summed E-state index contributed by atoms with van der Waals surface area (Å²) in [6.45, 7) is 8.10. The molecule has 0 aliphatic heterocycles. The number of nitrogens with one attached hydrogen (secondary N) is 2. The Balaban J connectivity index is 0.00000576. The molecule has 0 aromatic heterocycles. The molecule has 2 N–H and O–H groups in total. The Morgan fingerprint density at radius 3 is 2.20 bits per heavy atom. The van der Waals surface area contributed by atoms with E-state index in [2.05, 4.69) is 15.6 Å². The van der Waals surface area contributed by atoms with Gasteiger partial charge in [-0.25, -0.2) is 12.8 Å². The van der Waals surface area contributed by atoms with Crippen molar-refractivity contribution < 1.29 is 12.8 Å². The zero-order valence-electron chi connectivity index (χ0n) is 15.7. The van der Waals surface area contributed by atoms with Crippen molar-refractivity contribution in [3.05, 3.63) is 35.6 Å². The van der Waals surface area contributed by atoms with Gasteiger partial charge in [0.2, 0.25) is 0 Å². The van der Waals surface area contributed by atoms with Crippen LogP contribution in [0.15, 0.2) is 29.3 Å². The Labute approximate surface area is 167 Å². The van der Waals surface area contributed by atoms with Crippen LogP contribution in [0.3, 0.4) is 0 Å². The number of halogens is 2. The molecular weight excluding hydrogens is 456 g/mol. The molecule has 8 heteroatoms. The minimum absolute atomic E-state index is 0. The largest absolute Gasteiger partial charge is 0.356 e. The van der Waals surface area contributed by atoms with Gasteiger partial charge in [0.1, 0.15) is 5.82 Å². The average Bonchev–Trinajstić information content (AvgIpc) is 2.46. The summed E-state index contributed by atoms with van der Waals surface area (Å²) in [4.78, 5) is 4.11. The van der Waals surface area contributed by atoms with Gasteiger partial charge in [-0.05, 0) is 31.5 Å². The predicted octanol–water partition coefficient (Wildman–Crippen LogP) is 2.71. The Morgan fingerprint density at radius 1 is 1.16 bits per heavy atom. The topological polar surface area (TPSA) is 70.6 Å². The molecule has 1 rings (SSSR count). The molecule has 1 aromatic carbocycles. The summed E-state index contributed by atoms with van der Waals surface area (Å²) in [7, 11) is -1.56. The van der Waals surface area contributed by atoms with Crippen LogP contribution in [0.2, 0.25) is 0 Å². The van der Waals surface area contributed by atoms with Crippen LogP contribution in [0, 0.1) is 5.82 Å². The molecule has 25 heavy (non-hydrogen) atoms. The number of guanidine groups is 1. The number of nitrogens with zero attached hydrogens (tertiary/aromatic N) is 1. The summed E-state index contributed by atoms with van der Waals surface area (Å²) in [5.74, 6) is 0.245. The quantitative estimate of drug-likeness (QED) is 0.370. The summed E-state index contributed by atoms with van der Waals surface area (Å²) in [6.07, 6.45) is 1.22. The lowest BCUT2D eigenvalue weighted by Crippen LogP contribution is -2.49. The molecule has 0 heterocycles. The molecule has 0 saturated carbocycles. The second kappa shape index (κ2) is 9.16. The zero-order valence-corrected chi connectivity index (χ0v) is 18.8. The number of sulfone groups is 1. The number of rotatable bonds is 6. The molecule has 0 amide bonds. The first-order chi connectivity index (χ1) is 10.9. The Hall–Kier alpha value is -0.900. The first kappa shape index (κ1) is 24.1. The molecule has 0 aliphatic rings. The summed E-state index contributed by atoms with van der Waals surface area (Å²) < 4.78 is 36.0. The molecule has 0 unspecified atom stereocenters. The van der Waals surface area contributed by atoms with Gasteiger partial charge in [-0.1, -0.05) is 26.0 Å². The van der Waals surface area contributed by atoms with Crippen LogP contribution in [-0.2, 0) is 15.3 Å². The lowest BCUT2D eigenvalue weighted by Gasteiger charge is -2.28. The fourth-order valence-corrected chi connectivity index (χ4v) is 2.30. The van der Waals surface area contributed by atoms with Gasteiger partial charge < -0.3 is 10.6 Å². The van der Waals surface area contributed by atoms with Crippen LogP contribution in [0.4, 0.5) is 4.39 Å². The number of hydrogen-bond acceptors (Lipinski definition) is 3. The van der Waals surface area contributed by atoms with Gasteiger partial charge in [0.25, 0.3) is 0 Å². The monoisotopic (exact) mass is 485 g/mol. The van der Waals surface area contributed by atoms with E-state index in [1.165, 1.54) is 18.4 Å². The van der Waals surface area contributed by atoms with E-state index >= 15 is 0 Å². The van der Waals surface area contributed by atoms with Crippen molar-refractivity contribution in [3.63, 3.8) is 0 Å². The van der Waals surface area contributed by atoms with E-state index in [1.54, 1.807) is 27.0 Å². The van der Waals surface area contributed by atoms with E-state index in [0.717, 1.165) is 5.56 Å². The predicted molar refractivity (Wildman–Crippen MR) is 113 cm³/mol. The second-order valence-electron chi connectivity index (χ2n) is 7.21. The van der Waals surface area contributed by atoms with Crippen molar-refractivity contribution in [1.82, 2.24) is 10.6 Å². The maximum atomic E-state index is 13.4. The van der Waals surface area contributed by atoms with E-state index in [1.807, 2.05) is 19.9 Å². The molecule has 0 bridgehead atoms. The molecule has 144 valence electrons. The normalized spacial score (nSPS) is 13.2. The first-order valence-corrected chi connectivity index (χ1v) is 9.68. The third-order valence-electron chi connectivity index (χ3n) is 4.21. The lowest BCUT2D eigenvalue weighted by atomic mass is 9.84. The molecule has 1 aromatic rings. The van der Waals surface area contributed by atoms with Gasteiger partial charge in [-0.15, -0.1) is 24.0 Å². The van der Waals surface area contributed by atoms with E-state index in [0.29, 0.717) is 12.5 Å². The highest BCUT2D eigenvalue weighted by atomic mass is 127. The maximum absolute atomic E-state index is 13.4. The first-order valence-electron chi connectivity index (χ1n) is 7.79. The molecule has 0 radical (unpaired) electrons. The van der Waals surface area contributed by atoms with Crippen molar-refractivity contribution in [2.45, 2.75) is 37.9 Å². The van der Waals surface area contributed by atoms with E-state index < -0.39 is 14.6 Å². The van der Waals surface area contributed by atoms with Crippen molar-refractivity contribution in [3.8, 4) is 0 Å².